The van der Waals surface area contributed by atoms with Crippen molar-refractivity contribution in [1.29, 1.82) is 0 Å². The van der Waals surface area contributed by atoms with E-state index in [9.17, 15) is 0 Å². The van der Waals surface area contributed by atoms with Crippen molar-refractivity contribution in [1.82, 2.24) is 10.3 Å². The third kappa shape index (κ3) is 3.58. The Morgan fingerprint density at radius 1 is 1.05 bits per heavy atom. The van der Waals surface area contributed by atoms with Crippen LogP contribution in [0.5, 0.6) is 5.75 Å². The second kappa shape index (κ2) is 6.53. The first-order chi connectivity index (χ1) is 9.60. The molecule has 1 heterocycles. The lowest BCUT2D eigenvalue weighted by molar-refractivity contribution is 0.242. The van der Waals surface area contributed by atoms with Gasteiger partial charge in [-0.25, -0.2) is 0 Å². The zero-order chi connectivity index (χ0) is 14.5. The van der Waals surface area contributed by atoms with Gasteiger partial charge in [-0.2, -0.15) is 0 Å². The van der Waals surface area contributed by atoms with Gasteiger partial charge in [0.2, 0.25) is 0 Å². The summed E-state index contributed by atoms with van der Waals surface area (Å²) in [6.07, 6.45) is 2.05. The Balaban J connectivity index is 2.23. The van der Waals surface area contributed by atoms with E-state index in [1.807, 2.05) is 52.2 Å². The summed E-state index contributed by atoms with van der Waals surface area (Å²) in [6, 6.07) is 12.6. The fraction of sp³-hybridized carbons (Fsp3) is 0.353. The number of pyridine rings is 1. The molecule has 2 aromatic rings. The Bertz CT molecular complexity index is 549. The van der Waals surface area contributed by atoms with E-state index >= 15 is 0 Å². The SMILES string of the molecule is CNC(c1ccc(OC(C)C)cc1)c1ccnc(C)c1. The molecule has 1 aromatic heterocycles. The van der Waals surface area contributed by atoms with Gasteiger partial charge in [0, 0.05) is 11.9 Å². The molecule has 3 heteroatoms. The van der Waals surface area contributed by atoms with Crippen molar-refractivity contribution in [3.63, 3.8) is 0 Å². The van der Waals surface area contributed by atoms with Crippen LogP contribution in [0.4, 0.5) is 0 Å². The zero-order valence-electron chi connectivity index (χ0n) is 12.6. The second-order valence-electron chi connectivity index (χ2n) is 5.19. The van der Waals surface area contributed by atoms with Gasteiger partial charge in [0.25, 0.3) is 0 Å². The summed E-state index contributed by atoms with van der Waals surface area (Å²) < 4.78 is 5.68. The highest BCUT2D eigenvalue weighted by Gasteiger charge is 2.12. The van der Waals surface area contributed by atoms with Crippen LogP contribution in [-0.4, -0.2) is 18.1 Å². The first-order valence-electron chi connectivity index (χ1n) is 6.96. The molecule has 1 atom stereocenters. The number of aryl methyl sites for hydroxylation is 1. The molecular formula is C17H22N2O. The summed E-state index contributed by atoms with van der Waals surface area (Å²) in [4.78, 5) is 4.25. The van der Waals surface area contributed by atoms with Gasteiger partial charge in [0.1, 0.15) is 5.75 Å². The molecule has 0 bridgehead atoms. The van der Waals surface area contributed by atoms with Gasteiger partial charge in [-0.1, -0.05) is 12.1 Å². The lowest BCUT2D eigenvalue weighted by atomic mass is 9.99. The van der Waals surface area contributed by atoms with E-state index in [2.05, 4.69) is 28.5 Å². The van der Waals surface area contributed by atoms with Crippen LogP contribution in [0.1, 0.15) is 36.7 Å². The molecule has 0 aliphatic rings. The zero-order valence-corrected chi connectivity index (χ0v) is 12.6. The number of benzene rings is 1. The van der Waals surface area contributed by atoms with Crippen LogP contribution < -0.4 is 10.1 Å². The third-order valence-electron chi connectivity index (χ3n) is 3.13. The van der Waals surface area contributed by atoms with Crippen molar-refractivity contribution in [3.8, 4) is 5.75 Å². The topological polar surface area (TPSA) is 34.1 Å². The molecule has 1 aromatic carbocycles. The number of hydrogen-bond donors (Lipinski definition) is 1. The number of nitrogens with zero attached hydrogens (tertiary/aromatic N) is 1. The molecule has 0 fully saturated rings. The Labute approximate surface area is 121 Å². The maximum Gasteiger partial charge on any atom is 0.119 e. The van der Waals surface area contributed by atoms with E-state index in [1.165, 1.54) is 11.1 Å². The van der Waals surface area contributed by atoms with Crippen LogP contribution in [0.15, 0.2) is 42.6 Å². The quantitative estimate of drug-likeness (QED) is 0.903. The van der Waals surface area contributed by atoms with E-state index in [0.717, 1.165) is 11.4 Å². The minimum Gasteiger partial charge on any atom is -0.491 e. The van der Waals surface area contributed by atoms with E-state index in [1.54, 1.807) is 0 Å². The maximum atomic E-state index is 5.68. The largest absolute Gasteiger partial charge is 0.491 e. The fourth-order valence-corrected chi connectivity index (χ4v) is 2.28. The van der Waals surface area contributed by atoms with Gasteiger partial charge < -0.3 is 10.1 Å². The summed E-state index contributed by atoms with van der Waals surface area (Å²) in [5, 5.41) is 3.35. The molecule has 0 saturated carbocycles. The first kappa shape index (κ1) is 14.5. The first-order valence-corrected chi connectivity index (χ1v) is 6.96. The summed E-state index contributed by atoms with van der Waals surface area (Å²) in [5.74, 6) is 0.907. The molecule has 2 rings (SSSR count). The number of aromatic nitrogens is 1. The normalized spacial score (nSPS) is 12.4. The Morgan fingerprint density at radius 3 is 2.30 bits per heavy atom. The molecule has 0 spiro atoms. The molecular weight excluding hydrogens is 248 g/mol. The molecule has 0 aliphatic heterocycles. The predicted octanol–water partition coefficient (Wildman–Crippen LogP) is 3.49. The minimum atomic E-state index is 0.171. The van der Waals surface area contributed by atoms with Crippen LogP contribution in [0.25, 0.3) is 0 Å². The van der Waals surface area contributed by atoms with Crippen molar-refractivity contribution in [2.75, 3.05) is 7.05 Å². The van der Waals surface area contributed by atoms with Crippen LogP contribution >= 0.6 is 0 Å². The molecule has 1 N–H and O–H groups in total. The predicted molar refractivity (Wildman–Crippen MR) is 82.1 cm³/mol. The summed E-state index contributed by atoms with van der Waals surface area (Å²) in [7, 11) is 1.97. The second-order valence-corrected chi connectivity index (χ2v) is 5.19. The molecule has 1 unspecified atom stereocenters. The van der Waals surface area contributed by atoms with Crippen molar-refractivity contribution in [2.24, 2.45) is 0 Å². The Morgan fingerprint density at radius 2 is 1.75 bits per heavy atom. The Hall–Kier alpha value is -1.87. The molecule has 0 saturated heterocycles. The summed E-state index contributed by atoms with van der Waals surface area (Å²) in [6.45, 7) is 6.07. The standard InChI is InChI=1S/C17H22N2O/c1-12(2)20-16-7-5-14(6-8-16)17(18-4)15-9-10-19-13(3)11-15/h5-12,17-18H,1-4H3. The monoisotopic (exact) mass is 270 g/mol. The number of hydrogen-bond acceptors (Lipinski definition) is 3. The molecule has 20 heavy (non-hydrogen) atoms. The van der Waals surface area contributed by atoms with Gasteiger partial charge in [-0.15, -0.1) is 0 Å². The Kier molecular flexibility index (Phi) is 4.74. The van der Waals surface area contributed by atoms with E-state index in [4.69, 9.17) is 4.74 Å². The molecule has 0 amide bonds. The van der Waals surface area contributed by atoms with Gasteiger partial charge in [0.15, 0.2) is 0 Å². The van der Waals surface area contributed by atoms with Gasteiger partial charge in [0.05, 0.1) is 12.1 Å². The smallest absolute Gasteiger partial charge is 0.119 e. The highest BCUT2D eigenvalue weighted by molar-refractivity contribution is 5.35. The van der Waals surface area contributed by atoms with E-state index in [0.29, 0.717) is 0 Å². The lowest BCUT2D eigenvalue weighted by Crippen LogP contribution is -2.17. The maximum absolute atomic E-state index is 5.68. The van der Waals surface area contributed by atoms with Crippen molar-refractivity contribution in [3.05, 3.63) is 59.4 Å². The van der Waals surface area contributed by atoms with Gasteiger partial charge in [-0.3, -0.25) is 4.98 Å². The van der Waals surface area contributed by atoms with Crippen LogP contribution in [-0.2, 0) is 0 Å². The van der Waals surface area contributed by atoms with Gasteiger partial charge in [-0.05, 0) is 63.2 Å². The summed E-state index contributed by atoms with van der Waals surface area (Å²) >= 11 is 0. The highest BCUT2D eigenvalue weighted by atomic mass is 16.5. The molecule has 0 radical (unpaired) electrons. The van der Waals surface area contributed by atoms with Crippen molar-refractivity contribution in [2.45, 2.75) is 32.9 Å². The summed E-state index contributed by atoms with van der Waals surface area (Å²) in [5.41, 5.74) is 3.47. The van der Waals surface area contributed by atoms with Crippen LogP contribution in [0.3, 0.4) is 0 Å². The number of nitrogens with one attached hydrogen (secondary N) is 1. The van der Waals surface area contributed by atoms with Crippen molar-refractivity contribution < 1.29 is 4.74 Å². The minimum absolute atomic E-state index is 0.171. The average molecular weight is 270 g/mol. The number of rotatable bonds is 5. The van der Waals surface area contributed by atoms with Crippen LogP contribution in [0.2, 0.25) is 0 Å². The number of ether oxygens (including phenoxy) is 1. The molecule has 3 nitrogen and oxygen atoms in total. The molecule has 106 valence electrons. The lowest BCUT2D eigenvalue weighted by Gasteiger charge is -2.18. The van der Waals surface area contributed by atoms with E-state index in [-0.39, 0.29) is 12.1 Å². The van der Waals surface area contributed by atoms with E-state index < -0.39 is 0 Å². The molecule has 0 aliphatic carbocycles. The fourth-order valence-electron chi connectivity index (χ4n) is 2.28. The van der Waals surface area contributed by atoms with Gasteiger partial charge >= 0.3 is 0 Å². The average Bonchev–Trinajstić information content (AvgIpc) is 2.41. The van der Waals surface area contributed by atoms with Crippen molar-refractivity contribution >= 4 is 0 Å². The third-order valence-corrected chi connectivity index (χ3v) is 3.13. The van der Waals surface area contributed by atoms with Crippen LogP contribution in [0, 0.1) is 6.92 Å². The highest BCUT2D eigenvalue weighted by Crippen LogP contribution is 2.24.